The second kappa shape index (κ2) is 6.37. The summed E-state index contributed by atoms with van der Waals surface area (Å²) in [5.74, 6) is -1.64. The number of allylic oxidation sites excluding steroid dienone is 1. The Labute approximate surface area is 114 Å². The van der Waals surface area contributed by atoms with Crippen LogP contribution in [0, 0.1) is 6.92 Å². The highest BCUT2D eigenvalue weighted by Gasteiger charge is 2.12. The van der Waals surface area contributed by atoms with Crippen LogP contribution in [0.4, 0.5) is 0 Å². The Kier molecular flexibility index (Phi) is 5.76. The fourth-order valence-electron chi connectivity index (χ4n) is 1.01. The molecule has 0 atom stereocenters. The van der Waals surface area contributed by atoms with Crippen molar-refractivity contribution >= 4 is 51.7 Å². The predicted octanol–water partition coefficient (Wildman–Crippen LogP) is 5.84. The smallest absolute Gasteiger partial charge is 0.275 e. The Balaban J connectivity index is 2.82. The van der Waals surface area contributed by atoms with Crippen LogP contribution in [0.5, 0.6) is 0 Å². The van der Waals surface area contributed by atoms with Crippen LogP contribution in [-0.2, 0) is 4.57 Å². The lowest BCUT2D eigenvalue weighted by Crippen LogP contribution is -1.79. The van der Waals surface area contributed by atoms with Gasteiger partial charge in [0, 0.05) is 15.6 Å². The Hall–Kier alpha value is 0.410. The Morgan fingerprint density at radius 3 is 2.38 bits per heavy atom. The van der Waals surface area contributed by atoms with Gasteiger partial charge in [0.15, 0.2) is 0 Å². The number of hydrogen-bond acceptors (Lipinski definition) is 2. The Morgan fingerprint density at radius 2 is 1.94 bits per heavy atom. The molecule has 0 unspecified atom stereocenters. The van der Waals surface area contributed by atoms with Crippen LogP contribution in [0.15, 0.2) is 39.9 Å². The van der Waals surface area contributed by atoms with Crippen molar-refractivity contribution in [2.24, 2.45) is 0 Å². The summed E-state index contributed by atoms with van der Waals surface area (Å²) in [4.78, 5) is 1.71. The summed E-state index contributed by atoms with van der Waals surface area (Å²) in [6.45, 7) is 2.01. The van der Waals surface area contributed by atoms with Gasteiger partial charge in [-0.15, -0.1) is 11.6 Å². The zero-order chi connectivity index (χ0) is 12.2. The van der Waals surface area contributed by atoms with Crippen molar-refractivity contribution in [3.8, 4) is 0 Å². The molecule has 0 bridgehead atoms. The van der Waals surface area contributed by atoms with Gasteiger partial charge in [-0.25, -0.2) is 0 Å². The average molecular weight is 316 g/mol. The third kappa shape index (κ3) is 5.65. The quantitative estimate of drug-likeness (QED) is 0.394. The second-order valence-electron chi connectivity index (χ2n) is 3.15. The molecule has 1 aromatic rings. The van der Waals surface area contributed by atoms with E-state index >= 15 is 0 Å². The van der Waals surface area contributed by atoms with E-state index < -0.39 is 5.85 Å². The molecule has 16 heavy (non-hydrogen) atoms. The summed E-state index contributed by atoms with van der Waals surface area (Å²) in [7, 11) is 0. The van der Waals surface area contributed by atoms with Gasteiger partial charge in [-0.05, 0) is 41.5 Å². The van der Waals surface area contributed by atoms with Crippen molar-refractivity contribution in [2.75, 3.05) is 5.88 Å². The highest BCUT2D eigenvalue weighted by molar-refractivity contribution is 8.11. The first-order valence-corrected chi connectivity index (χ1v) is 9.35. The van der Waals surface area contributed by atoms with Crippen molar-refractivity contribution in [3.05, 3.63) is 40.6 Å². The monoisotopic (exact) mass is 314 g/mol. The van der Waals surface area contributed by atoms with Gasteiger partial charge in [-0.1, -0.05) is 29.5 Å². The van der Waals surface area contributed by atoms with E-state index in [1.54, 1.807) is 0 Å². The molecule has 0 aliphatic carbocycles. The number of halogens is 3. The van der Waals surface area contributed by atoms with Crippen LogP contribution in [0.25, 0.3) is 0 Å². The molecular weight excluding hydrogens is 306 g/mol. The molecular formula is C10H10Cl3OPS. The second-order valence-corrected chi connectivity index (χ2v) is 9.41. The summed E-state index contributed by atoms with van der Waals surface area (Å²) in [6.07, 6.45) is 0. The third-order valence-electron chi connectivity index (χ3n) is 1.70. The first-order chi connectivity index (χ1) is 7.40. The molecule has 0 N–H and O–H groups in total. The molecule has 88 valence electrons. The summed E-state index contributed by atoms with van der Waals surface area (Å²) in [5, 5.41) is 0. The van der Waals surface area contributed by atoms with Crippen molar-refractivity contribution in [2.45, 2.75) is 11.8 Å². The minimum Gasteiger partial charge on any atom is -0.285 e. The number of rotatable bonds is 4. The molecule has 6 heteroatoms. The molecule has 1 aromatic carbocycles. The summed E-state index contributed by atoms with van der Waals surface area (Å²) in [5.41, 5.74) is 1.18. The van der Waals surface area contributed by atoms with Gasteiger partial charge in [0.25, 0.3) is 5.85 Å². The van der Waals surface area contributed by atoms with Gasteiger partial charge in [-0.2, -0.15) is 0 Å². The van der Waals surface area contributed by atoms with E-state index in [2.05, 4.69) is 0 Å². The van der Waals surface area contributed by atoms with E-state index in [-0.39, 0.29) is 5.88 Å². The Morgan fingerprint density at radius 1 is 1.38 bits per heavy atom. The lowest BCUT2D eigenvalue weighted by atomic mass is 10.2. The maximum Gasteiger partial charge on any atom is 0.275 e. The van der Waals surface area contributed by atoms with Crippen molar-refractivity contribution < 1.29 is 4.57 Å². The highest BCUT2D eigenvalue weighted by atomic mass is 35.9. The van der Waals surface area contributed by atoms with E-state index in [0.29, 0.717) is 4.91 Å². The molecule has 0 radical (unpaired) electrons. The molecule has 0 spiro atoms. The number of thioether (sulfide) groups is 1. The molecule has 0 fully saturated rings. The van der Waals surface area contributed by atoms with Gasteiger partial charge >= 0.3 is 0 Å². The van der Waals surface area contributed by atoms with Crippen LogP contribution in [-0.4, -0.2) is 5.88 Å². The van der Waals surface area contributed by atoms with Crippen molar-refractivity contribution in [1.82, 2.24) is 0 Å². The predicted molar refractivity (Wildman–Crippen MR) is 75.2 cm³/mol. The molecule has 1 nitrogen and oxygen atoms in total. The number of hydrogen-bond donors (Lipinski definition) is 0. The SMILES string of the molecule is Cc1ccc(SC(=CP(=O)(Cl)Cl)CCl)cc1. The Bertz CT molecular complexity index is 424. The van der Waals surface area contributed by atoms with Gasteiger partial charge in [0.1, 0.15) is 0 Å². The van der Waals surface area contributed by atoms with E-state index in [1.165, 1.54) is 23.1 Å². The number of benzene rings is 1. The van der Waals surface area contributed by atoms with Crippen LogP contribution in [0.1, 0.15) is 5.56 Å². The lowest BCUT2D eigenvalue weighted by Gasteiger charge is -2.04. The normalized spacial score (nSPS) is 12.9. The molecule has 0 heterocycles. The van der Waals surface area contributed by atoms with Crippen LogP contribution in [0.3, 0.4) is 0 Å². The van der Waals surface area contributed by atoms with Gasteiger partial charge in [-0.3, -0.25) is 4.57 Å². The van der Waals surface area contributed by atoms with Crippen LogP contribution < -0.4 is 0 Å². The van der Waals surface area contributed by atoms with E-state index in [0.717, 1.165) is 4.90 Å². The van der Waals surface area contributed by atoms with E-state index in [1.807, 2.05) is 31.2 Å². The molecule has 0 saturated carbocycles. The third-order valence-corrected chi connectivity index (χ3v) is 4.55. The average Bonchev–Trinajstić information content (AvgIpc) is 2.18. The number of alkyl halides is 1. The molecule has 0 amide bonds. The summed E-state index contributed by atoms with van der Waals surface area (Å²) < 4.78 is 11.2. The van der Waals surface area contributed by atoms with Crippen LogP contribution >= 0.6 is 51.7 Å². The number of aryl methyl sites for hydroxylation is 1. The fourth-order valence-corrected chi connectivity index (χ4v) is 4.13. The molecule has 0 aliphatic rings. The minimum absolute atomic E-state index is 0.238. The van der Waals surface area contributed by atoms with Crippen molar-refractivity contribution in [1.29, 1.82) is 0 Å². The van der Waals surface area contributed by atoms with Crippen molar-refractivity contribution in [3.63, 3.8) is 0 Å². The lowest BCUT2D eigenvalue weighted by molar-refractivity contribution is 0.597. The molecule has 1 rings (SSSR count). The zero-order valence-electron chi connectivity index (χ0n) is 8.49. The summed E-state index contributed by atoms with van der Waals surface area (Å²) in [6, 6.07) is 7.92. The van der Waals surface area contributed by atoms with E-state index in [4.69, 9.17) is 34.1 Å². The largest absolute Gasteiger partial charge is 0.285 e. The maximum atomic E-state index is 11.2. The minimum atomic E-state index is -3.21. The zero-order valence-corrected chi connectivity index (χ0v) is 12.5. The molecule has 0 aliphatic heterocycles. The van der Waals surface area contributed by atoms with E-state index in [9.17, 15) is 4.57 Å². The first-order valence-electron chi connectivity index (χ1n) is 4.42. The summed E-state index contributed by atoms with van der Waals surface area (Å²) >= 11 is 18.1. The molecule has 0 aromatic heterocycles. The highest BCUT2D eigenvalue weighted by Crippen LogP contribution is 2.59. The van der Waals surface area contributed by atoms with Gasteiger partial charge in [0.2, 0.25) is 0 Å². The van der Waals surface area contributed by atoms with Gasteiger partial charge in [0.05, 0.1) is 5.88 Å². The fraction of sp³-hybridized carbons (Fsp3) is 0.200. The molecule has 0 saturated heterocycles. The first kappa shape index (κ1) is 14.5. The van der Waals surface area contributed by atoms with Gasteiger partial charge < -0.3 is 0 Å². The standard InChI is InChI=1S/C10H10Cl3OPS/c1-8-2-4-9(5-3-8)16-10(6-11)7-15(12,13)14/h2-5,7H,6H2,1H3. The van der Waals surface area contributed by atoms with Crippen LogP contribution in [0.2, 0.25) is 0 Å². The topological polar surface area (TPSA) is 17.1 Å². The maximum absolute atomic E-state index is 11.2.